The molecule has 0 saturated carbocycles. The van der Waals surface area contributed by atoms with Gasteiger partial charge in [0.15, 0.2) is 5.78 Å². The summed E-state index contributed by atoms with van der Waals surface area (Å²) in [6, 6.07) is 7.30. The lowest BCUT2D eigenvalue weighted by Crippen LogP contribution is -2.39. The number of halogens is 1. The number of hydrogen-bond acceptors (Lipinski definition) is 3. The molecule has 5 nitrogen and oxygen atoms in total. The van der Waals surface area contributed by atoms with E-state index in [-0.39, 0.29) is 17.8 Å². The van der Waals surface area contributed by atoms with Crippen LogP contribution in [0.5, 0.6) is 0 Å². The third kappa shape index (κ3) is 2.80. The minimum Gasteiger partial charge on any atom is -0.303 e. The number of carbonyl (C=O) groups excluding carboxylic acids is 1. The van der Waals surface area contributed by atoms with Gasteiger partial charge in [-0.3, -0.25) is 14.2 Å². The summed E-state index contributed by atoms with van der Waals surface area (Å²) in [6.45, 7) is 0. The van der Waals surface area contributed by atoms with Gasteiger partial charge in [-0.25, -0.2) is 4.79 Å². The second kappa shape index (κ2) is 5.58. The van der Waals surface area contributed by atoms with Gasteiger partial charge < -0.3 is 4.57 Å². The van der Waals surface area contributed by atoms with Crippen molar-refractivity contribution in [2.75, 3.05) is 0 Å². The smallest absolute Gasteiger partial charge is 0.303 e. The van der Waals surface area contributed by atoms with E-state index in [4.69, 9.17) is 0 Å². The van der Waals surface area contributed by atoms with E-state index < -0.39 is 11.2 Å². The largest absolute Gasteiger partial charge is 0.330 e. The predicted molar refractivity (Wildman–Crippen MR) is 79.1 cm³/mol. The summed E-state index contributed by atoms with van der Waals surface area (Å²) in [5, 5.41) is 0. The Kier molecular flexibility index (Phi) is 4.04. The standard InChI is InChI=1S/C14H13BrN2O3/c1-16-8-11(13(19)17(2)14(16)20)12(18)7-9-3-5-10(15)6-4-9/h3-6,8H,7H2,1-2H3. The first kappa shape index (κ1) is 14.5. The lowest BCUT2D eigenvalue weighted by Gasteiger charge is -2.06. The minimum absolute atomic E-state index is 0.0255. The van der Waals surface area contributed by atoms with Crippen LogP contribution in [-0.4, -0.2) is 14.9 Å². The van der Waals surface area contributed by atoms with Crippen molar-refractivity contribution in [3.8, 4) is 0 Å². The van der Waals surface area contributed by atoms with E-state index in [1.54, 1.807) is 0 Å². The summed E-state index contributed by atoms with van der Waals surface area (Å²) in [5.41, 5.74) is -0.169. The van der Waals surface area contributed by atoms with Crippen LogP contribution in [0.25, 0.3) is 0 Å². The first-order valence-corrected chi connectivity index (χ1v) is 6.73. The van der Waals surface area contributed by atoms with Gasteiger partial charge in [0.1, 0.15) is 0 Å². The van der Waals surface area contributed by atoms with E-state index in [9.17, 15) is 14.4 Å². The summed E-state index contributed by atoms with van der Waals surface area (Å²) >= 11 is 3.32. The molecule has 0 N–H and O–H groups in total. The van der Waals surface area contributed by atoms with Crippen LogP contribution < -0.4 is 11.2 Å². The Morgan fingerprint density at radius 1 is 1.15 bits per heavy atom. The second-order valence-corrected chi connectivity index (χ2v) is 5.44. The Morgan fingerprint density at radius 3 is 2.35 bits per heavy atom. The Labute approximate surface area is 123 Å². The zero-order valence-corrected chi connectivity index (χ0v) is 12.7. The molecule has 0 aliphatic carbocycles. The molecule has 6 heteroatoms. The van der Waals surface area contributed by atoms with Gasteiger partial charge in [-0.1, -0.05) is 28.1 Å². The first-order chi connectivity index (χ1) is 9.40. The number of nitrogens with zero attached hydrogens (tertiary/aromatic N) is 2. The van der Waals surface area contributed by atoms with Gasteiger partial charge in [-0.15, -0.1) is 0 Å². The number of rotatable bonds is 3. The van der Waals surface area contributed by atoms with Gasteiger partial charge >= 0.3 is 5.69 Å². The van der Waals surface area contributed by atoms with E-state index in [1.165, 1.54) is 24.9 Å². The first-order valence-electron chi connectivity index (χ1n) is 5.94. The Balaban J connectivity index is 2.37. The van der Waals surface area contributed by atoms with Gasteiger partial charge in [0.2, 0.25) is 0 Å². The summed E-state index contributed by atoms with van der Waals surface area (Å²) in [7, 11) is 2.87. The molecule has 0 spiro atoms. The van der Waals surface area contributed by atoms with Crippen molar-refractivity contribution in [3.63, 3.8) is 0 Å². The highest BCUT2D eigenvalue weighted by atomic mass is 79.9. The molecule has 0 unspecified atom stereocenters. The van der Waals surface area contributed by atoms with Gasteiger partial charge in [-0.2, -0.15) is 0 Å². The molecule has 0 amide bonds. The molecular weight excluding hydrogens is 324 g/mol. The van der Waals surface area contributed by atoms with Crippen LogP contribution in [0.1, 0.15) is 15.9 Å². The summed E-state index contributed by atoms with van der Waals surface area (Å²) < 4.78 is 3.09. The molecule has 1 aromatic heterocycles. The van der Waals surface area contributed by atoms with Crippen molar-refractivity contribution >= 4 is 21.7 Å². The minimum atomic E-state index is -0.560. The third-order valence-corrected chi connectivity index (χ3v) is 3.55. The molecule has 1 aromatic carbocycles. The summed E-state index contributed by atoms with van der Waals surface area (Å²) in [6.07, 6.45) is 1.42. The number of aromatic nitrogens is 2. The third-order valence-electron chi connectivity index (χ3n) is 3.02. The SMILES string of the molecule is Cn1cc(C(=O)Cc2ccc(Br)cc2)c(=O)n(C)c1=O. The highest BCUT2D eigenvalue weighted by molar-refractivity contribution is 9.10. The normalized spacial score (nSPS) is 10.6. The van der Waals surface area contributed by atoms with Crippen LogP contribution in [0.15, 0.2) is 44.5 Å². The molecule has 0 saturated heterocycles. The Bertz CT molecular complexity index is 772. The Hall–Kier alpha value is -1.95. The number of Topliss-reactive ketones (excluding diaryl/α,β-unsaturated/α-hetero) is 1. The molecule has 0 atom stereocenters. The van der Waals surface area contributed by atoms with E-state index in [0.29, 0.717) is 0 Å². The van der Waals surface area contributed by atoms with Crippen molar-refractivity contribution < 1.29 is 4.79 Å². The average molecular weight is 337 g/mol. The average Bonchev–Trinajstić information content (AvgIpc) is 2.43. The van der Waals surface area contributed by atoms with Gasteiger partial charge in [-0.05, 0) is 17.7 Å². The molecule has 20 heavy (non-hydrogen) atoms. The zero-order valence-electron chi connectivity index (χ0n) is 11.1. The fourth-order valence-corrected chi connectivity index (χ4v) is 2.15. The predicted octanol–water partition coefficient (Wildman–Crippen LogP) is 1.27. The summed E-state index contributed by atoms with van der Waals surface area (Å²) in [4.78, 5) is 35.7. The van der Waals surface area contributed by atoms with Crippen molar-refractivity contribution in [2.45, 2.75) is 6.42 Å². The number of carbonyl (C=O) groups is 1. The van der Waals surface area contributed by atoms with Crippen LogP contribution >= 0.6 is 15.9 Å². The van der Waals surface area contributed by atoms with Crippen molar-refractivity contribution in [3.05, 3.63) is 66.9 Å². The topological polar surface area (TPSA) is 61.1 Å². The lowest BCUT2D eigenvalue weighted by molar-refractivity contribution is 0.0990. The van der Waals surface area contributed by atoms with Gasteiger partial charge in [0.25, 0.3) is 5.56 Å². The second-order valence-electron chi connectivity index (χ2n) is 4.53. The highest BCUT2D eigenvalue weighted by Gasteiger charge is 2.15. The summed E-state index contributed by atoms with van der Waals surface area (Å²) in [5.74, 6) is -0.302. The monoisotopic (exact) mass is 336 g/mol. The van der Waals surface area contributed by atoms with E-state index in [2.05, 4.69) is 15.9 Å². The van der Waals surface area contributed by atoms with Crippen LogP contribution in [0.2, 0.25) is 0 Å². The quantitative estimate of drug-likeness (QED) is 0.793. The molecule has 0 bridgehead atoms. The maximum absolute atomic E-state index is 12.2. The highest BCUT2D eigenvalue weighted by Crippen LogP contribution is 2.12. The molecule has 104 valence electrons. The molecular formula is C14H13BrN2O3. The van der Waals surface area contributed by atoms with E-state index in [0.717, 1.165) is 14.6 Å². The molecule has 0 radical (unpaired) electrons. The van der Waals surface area contributed by atoms with Gasteiger partial charge in [0, 0.05) is 31.2 Å². The van der Waals surface area contributed by atoms with Crippen molar-refractivity contribution in [2.24, 2.45) is 14.1 Å². The maximum atomic E-state index is 12.2. The zero-order chi connectivity index (χ0) is 14.9. The van der Waals surface area contributed by atoms with Crippen LogP contribution in [0, 0.1) is 0 Å². The molecule has 1 heterocycles. The fourth-order valence-electron chi connectivity index (χ4n) is 1.88. The fraction of sp³-hybridized carbons (Fsp3) is 0.214. The molecule has 2 aromatic rings. The van der Waals surface area contributed by atoms with Crippen molar-refractivity contribution in [1.29, 1.82) is 0 Å². The number of ketones is 1. The van der Waals surface area contributed by atoms with E-state index in [1.807, 2.05) is 24.3 Å². The molecule has 0 fully saturated rings. The van der Waals surface area contributed by atoms with Crippen molar-refractivity contribution in [1.82, 2.24) is 9.13 Å². The van der Waals surface area contributed by atoms with Crippen LogP contribution in [-0.2, 0) is 20.5 Å². The Morgan fingerprint density at radius 2 is 1.75 bits per heavy atom. The maximum Gasteiger partial charge on any atom is 0.330 e. The van der Waals surface area contributed by atoms with Gasteiger partial charge in [0.05, 0.1) is 5.56 Å². The molecule has 0 aliphatic heterocycles. The lowest BCUT2D eigenvalue weighted by atomic mass is 10.1. The number of aryl methyl sites for hydroxylation is 1. The van der Waals surface area contributed by atoms with Crippen LogP contribution in [0.4, 0.5) is 0 Å². The molecule has 2 rings (SSSR count). The molecule has 0 aliphatic rings. The van der Waals surface area contributed by atoms with E-state index >= 15 is 0 Å². The number of hydrogen-bond donors (Lipinski definition) is 0. The number of benzene rings is 1. The van der Waals surface area contributed by atoms with Crippen LogP contribution in [0.3, 0.4) is 0 Å².